The highest BCUT2D eigenvalue weighted by atomic mass is 16.4. The number of H-pyrrole nitrogens is 2. The second-order valence-electron chi connectivity index (χ2n) is 10.3. The minimum Gasteiger partial charge on any atom is -0.480 e. The topological polar surface area (TPSA) is 215 Å². The van der Waals surface area contributed by atoms with Gasteiger partial charge in [-0.1, -0.05) is 48.5 Å². The zero-order valence-corrected chi connectivity index (χ0v) is 23.5. The van der Waals surface area contributed by atoms with Crippen molar-refractivity contribution in [1.29, 1.82) is 0 Å². The number of nitrogens with one attached hydrogen (secondary N) is 5. The van der Waals surface area contributed by atoms with Crippen LogP contribution in [0.3, 0.4) is 0 Å². The van der Waals surface area contributed by atoms with Crippen LogP contribution in [0.5, 0.6) is 0 Å². The molecule has 226 valence electrons. The second kappa shape index (κ2) is 14.2. The monoisotopic (exact) mass is 589 g/mol. The molecule has 4 rings (SSSR count). The molecule has 43 heavy (non-hydrogen) atoms. The number of benzene rings is 2. The van der Waals surface area contributed by atoms with Crippen LogP contribution in [-0.2, 0) is 38.4 Å². The first-order valence-electron chi connectivity index (χ1n) is 13.8. The zero-order valence-electron chi connectivity index (χ0n) is 23.5. The molecule has 0 spiro atoms. The van der Waals surface area contributed by atoms with Gasteiger partial charge in [-0.2, -0.15) is 0 Å². The van der Waals surface area contributed by atoms with Gasteiger partial charge in [-0.05, 0) is 30.5 Å². The van der Waals surface area contributed by atoms with Crippen molar-refractivity contribution in [1.82, 2.24) is 30.9 Å². The molecule has 0 radical (unpaired) electrons. The van der Waals surface area contributed by atoms with E-state index in [1.54, 1.807) is 6.20 Å². The Morgan fingerprint density at radius 1 is 0.860 bits per heavy atom. The van der Waals surface area contributed by atoms with Crippen LogP contribution in [0.25, 0.3) is 10.9 Å². The number of aliphatic hydroxyl groups is 1. The Labute approximate surface area is 247 Å². The molecule has 0 aliphatic rings. The van der Waals surface area contributed by atoms with Gasteiger partial charge in [-0.3, -0.25) is 14.4 Å². The third kappa shape index (κ3) is 8.27. The average Bonchev–Trinajstić information content (AvgIpc) is 3.65. The lowest BCUT2D eigenvalue weighted by Crippen LogP contribution is -2.60. The largest absolute Gasteiger partial charge is 0.480 e. The number of carbonyl (C=O) groups excluding carboxylic acids is 3. The van der Waals surface area contributed by atoms with Crippen molar-refractivity contribution in [3.05, 3.63) is 90.1 Å². The molecule has 2 aromatic carbocycles. The Hall–Kier alpha value is -5.01. The first-order chi connectivity index (χ1) is 20.6. The maximum absolute atomic E-state index is 13.5. The molecule has 0 saturated carbocycles. The van der Waals surface area contributed by atoms with Crippen LogP contribution in [0, 0.1) is 0 Å². The number of amides is 3. The summed E-state index contributed by atoms with van der Waals surface area (Å²) in [5, 5.41) is 28.6. The summed E-state index contributed by atoms with van der Waals surface area (Å²) in [6.45, 7) is 1.33. The Morgan fingerprint density at radius 3 is 2.23 bits per heavy atom. The van der Waals surface area contributed by atoms with E-state index >= 15 is 0 Å². The Kier molecular flexibility index (Phi) is 10.3. The van der Waals surface area contributed by atoms with E-state index in [0.717, 1.165) is 16.5 Å². The minimum atomic E-state index is -1.44. The fourth-order valence-electron chi connectivity index (χ4n) is 4.71. The van der Waals surface area contributed by atoms with Crippen LogP contribution in [0.1, 0.15) is 23.7 Å². The number of aliphatic carboxylic acids is 1. The number of nitrogens with two attached hydrogens (primary N) is 1. The SMILES string of the molecule is CC(O)C(NC(=O)C(N)Cc1ccccc1)C(=O)NC(Cc1c[nH]c2ccccc12)C(=O)NC(Cc1cnc[nH]1)C(=O)O. The van der Waals surface area contributed by atoms with Gasteiger partial charge in [-0.15, -0.1) is 0 Å². The lowest BCUT2D eigenvalue weighted by atomic mass is 10.0. The van der Waals surface area contributed by atoms with Crippen molar-refractivity contribution in [3.63, 3.8) is 0 Å². The van der Waals surface area contributed by atoms with Crippen molar-refractivity contribution in [3.8, 4) is 0 Å². The molecule has 0 fully saturated rings. The standard InChI is InChI=1S/C30H35N7O6/c1-17(38)26(37-27(39)22(31)11-18-7-3-2-4-8-18)29(41)35-24(12-19-14-33-23-10-6-5-9-21(19)23)28(40)36-25(30(42)43)13-20-15-32-16-34-20/h2-10,14-17,22,24-26,33,38H,11-13,31H2,1H3,(H,32,34)(H,35,41)(H,36,40)(H,37,39)(H,42,43). The lowest BCUT2D eigenvalue weighted by Gasteiger charge is -2.26. The van der Waals surface area contributed by atoms with E-state index in [4.69, 9.17) is 5.73 Å². The van der Waals surface area contributed by atoms with Crippen molar-refractivity contribution in [2.75, 3.05) is 0 Å². The second-order valence-corrected chi connectivity index (χ2v) is 10.3. The summed E-state index contributed by atoms with van der Waals surface area (Å²) in [6.07, 6.45) is 3.34. The summed E-state index contributed by atoms with van der Waals surface area (Å²) in [7, 11) is 0. The molecule has 0 aliphatic heterocycles. The van der Waals surface area contributed by atoms with Crippen molar-refractivity contribution >= 4 is 34.6 Å². The summed E-state index contributed by atoms with van der Waals surface area (Å²) in [5.74, 6) is -3.53. The Bertz CT molecular complexity index is 1540. The van der Waals surface area contributed by atoms with Gasteiger partial charge in [0, 0.05) is 41.8 Å². The number of hydrogen-bond acceptors (Lipinski definition) is 7. The number of aromatic amines is 2. The highest BCUT2D eigenvalue weighted by molar-refractivity contribution is 5.95. The summed E-state index contributed by atoms with van der Waals surface area (Å²) in [5.41, 5.74) is 8.89. The summed E-state index contributed by atoms with van der Waals surface area (Å²) in [4.78, 5) is 61.6. The maximum atomic E-state index is 13.5. The molecule has 0 bridgehead atoms. The van der Waals surface area contributed by atoms with Gasteiger partial charge in [-0.25, -0.2) is 9.78 Å². The predicted octanol–water partition coefficient (Wildman–Crippen LogP) is 0.166. The third-order valence-electron chi connectivity index (χ3n) is 7.02. The molecule has 0 aliphatic carbocycles. The highest BCUT2D eigenvalue weighted by Gasteiger charge is 2.33. The molecule has 9 N–H and O–H groups in total. The summed E-state index contributed by atoms with van der Waals surface area (Å²) in [6, 6.07) is 11.5. The van der Waals surface area contributed by atoms with Crippen molar-refractivity contribution in [2.24, 2.45) is 5.73 Å². The van der Waals surface area contributed by atoms with Gasteiger partial charge in [0.1, 0.15) is 18.1 Å². The van der Waals surface area contributed by atoms with Gasteiger partial charge in [0.25, 0.3) is 0 Å². The number of nitrogens with zero attached hydrogens (tertiary/aromatic N) is 1. The molecule has 2 heterocycles. The third-order valence-corrected chi connectivity index (χ3v) is 7.02. The molecule has 0 saturated heterocycles. The summed E-state index contributed by atoms with van der Waals surface area (Å²) >= 11 is 0. The van der Waals surface area contributed by atoms with E-state index in [2.05, 4.69) is 30.9 Å². The number of para-hydroxylation sites is 1. The maximum Gasteiger partial charge on any atom is 0.326 e. The molecule has 13 heteroatoms. The van der Waals surface area contributed by atoms with Crippen LogP contribution >= 0.6 is 0 Å². The van der Waals surface area contributed by atoms with E-state index in [1.165, 1.54) is 19.4 Å². The molecular formula is C30H35N7O6. The van der Waals surface area contributed by atoms with Crippen molar-refractivity contribution in [2.45, 2.75) is 56.5 Å². The quantitative estimate of drug-likeness (QED) is 0.101. The van der Waals surface area contributed by atoms with E-state index < -0.39 is 54.0 Å². The molecular weight excluding hydrogens is 554 g/mol. The van der Waals surface area contributed by atoms with Crippen LogP contribution < -0.4 is 21.7 Å². The Morgan fingerprint density at radius 2 is 1.56 bits per heavy atom. The number of aliphatic hydroxyl groups excluding tert-OH is 1. The predicted molar refractivity (Wildman–Crippen MR) is 158 cm³/mol. The van der Waals surface area contributed by atoms with Crippen LogP contribution in [0.4, 0.5) is 0 Å². The fourth-order valence-corrected chi connectivity index (χ4v) is 4.71. The van der Waals surface area contributed by atoms with E-state index in [-0.39, 0.29) is 19.3 Å². The minimum absolute atomic E-state index is 0.00796. The van der Waals surface area contributed by atoms with Crippen molar-refractivity contribution < 1.29 is 29.4 Å². The highest BCUT2D eigenvalue weighted by Crippen LogP contribution is 2.19. The van der Waals surface area contributed by atoms with Gasteiger partial charge in [0.2, 0.25) is 17.7 Å². The number of aromatic nitrogens is 3. The number of imidazole rings is 1. The smallest absolute Gasteiger partial charge is 0.326 e. The molecule has 13 nitrogen and oxygen atoms in total. The number of fused-ring (bicyclic) bond motifs is 1. The van der Waals surface area contributed by atoms with Gasteiger partial charge >= 0.3 is 5.97 Å². The van der Waals surface area contributed by atoms with E-state index in [1.807, 2.05) is 54.6 Å². The number of rotatable bonds is 14. The normalized spacial score (nSPS) is 14.7. The molecule has 4 aromatic rings. The van der Waals surface area contributed by atoms with Crippen LogP contribution in [-0.4, -0.2) is 79.1 Å². The van der Waals surface area contributed by atoms with Gasteiger partial charge in [0.05, 0.1) is 18.5 Å². The van der Waals surface area contributed by atoms with E-state index in [0.29, 0.717) is 11.3 Å². The van der Waals surface area contributed by atoms with Crippen LogP contribution in [0.2, 0.25) is 0 Å². The molecule has 3 amide bonds. The number of carboxylic acid groups (broad SMARTS) is 1. The summed E-state index contributed by atoms with van der Waals surface area (Å²) < 4.78 is 0. The lowest BCUT2D eigenvalue weighted by molar-refractivity contribution is -0.142. The van der Waals surface area contributed by atoms with Gasteiger partial charge < -0.3 is 41.9 Å². The first kappa shape index (κ1) is 30.9. The number of hydrogen-bond donors (Lipinski definition) is 8. The Balaban J connectivity index is 1.52. The molecule has 5 unspecified atom stereocenters. The fraction of sp³-hybridized carbons (Fsp3) is 0.300. The number of carboxylic acids is 1. The zero-order chi connectivity index (χ0) is 30.9. The molecule has 5 atom stereocenters. The number of carbonyl (C=O) groups is 4. The van der Waals surface area contributed by atoms with Gasteiger partial charge in [0.15, 0.2) is 0 Å². The average molecular weight is 590 g/mol. The van der Waals surface area contributed by atoms with Crippen LogP contribution in [0.15, 0.2) is 73.3 Å². The first-order valence-corrected chi connectivity index (χ1v) is 13.8. The molecule has 2 aromatic heterocycles. The van der Waals surface area contributed by atoms with E-state index in [9.17, 15) is 29.4 Å².